The number of ether oxygens (including phenoxy) is 2. The molecular formula is C17H16F3NO4. The molecule has 2 aromatic rings. The standard InChI is InChI=1S/C17H16F3NO4/c1-24-16(23)13-8-11-4-2-3-5-12(11)9-14(13)21-15(22)6-7-25-10-17(18,19)20/h2-5,8-9H,6-7,10H2,1H3,(H,21,22). The molecule has 2 rings (SSSR count). The van der Waals surface area contributed by atoms with Crippen LogP contribution in [0.25, 0.3) is 10.8 Å². The second-order valence-electron chi connectivity index (χ2n) is 5.20. The third-order valence-corrected chi connectivity index (χ3v) is 3.30. The van der Waals surface area contributed by atoms with Crippen molar-refractivity contribution >= 4 is 28.3 Å². The van der Waals surface area contributed by atoms with Gasteiger partial charge in [-0.25, -0.2) is 4.79 Å². The Morgan fingerprint density at radius 1 is 1.12 bits per heavy atom. The molecule has 134 valence electrons. The molecule has 0 unspecified atom stereocenters. The highest BCUT2D eigenvalue weighted by molar-refractivity contribution is 6.05. The quantitative estimate of drug-likeness (QED) is 0.636. The minimum absolute atomic E-state index is 0.158. The molecule has 0 aliphatic heterocycles. The van der Waals surface area contributed by atoms with Gasteiger partial charge in [-0.15, -0.1) is 0 Å². The molecule has 0 aromatic heterocycles. The van der Waals surface area contributed by atoms with Crippen molar-refractivity contribution in [3.8, 4) is 0 Å². The number of alkyl halides is 3. The zero-order valence-electron chi connectivity index (χ0n) is 13.4. The minimum atomic E-state index is -4.44. The van der Waals surface area contributed by atoms with Crippen LogP contribution in [0, 0.1) is 0 Å². The first-order valence-corrected chi connectivity index (χ1v) is 7.35. The van der Waals surface area contributed by atoms with Crippen LogP contribution >= 0.6 is 0 Å². The predicted octanol–water partition coefficient (Wildman–Crippen LogP) is 3.53. The molecule has 0 bridgehead atoms. The van der Waals surface area contributed by atoms with Crippen molar-refractivity contribution < 1.29 is 32.2 Å². The Kier molecular flexibility index (Phi) is 5.97. The molecule has 0 heterocycles. The maximum atomic E-state index is 12.0. The van der Waals surface area contributed by atoms with Crippen LogP contribution in [0.1, 0.15) is 16.8 Å². The lowest BCUT2D eigenvalue weighted by Crippen LogP contribution is -2.21. The van der Waals surface area contributed by atoms with Crippen molar-refractivity contribution in [1.29, 1.82) is 0 Å². The fourth-order valence-electron chi connectivity index (χ4n) is 2.19. The van der Waals surface area contributed by atoms with Gasteiger partial charge in [-0.3, -0.25) is 4.79 Å². The van der Waals surface area contributed by atoms with Gasteiger partial charge in [-0.05, 0) is 22.9 Å². The highest BCUT2D eigenvalue weighted by Gasteiger charge is 2.27. The molecule has 0 atom stereocenters. The summed E-state index contributed by atoms with van der Waals surface area (Å²) in [5, 5.41) is 4.09. The average molecular weight is 355 g/mol. The molecular weight excluding hydrogens is 339 g/mol. The Labute approximate surface area is 141 Å². The van der Waals surface area contributed by atoms with Crippen molar-refractivity contribution in [1.82, 2.24) is 0 Å². The summed E-state index contributed by atoms with van der Waals surface area (Å²) < 4.78 is 45.0. The van der Waals surface area contributed by atoms with E-state index in [0.717, 1.165) is 10.8 Å². The summed E-state index contributed by atoms with van der Waals surface area (Å²) in [6, 6.07) is 10.4. The van der Waals surface area contributed by atoms with Crippen LogP contribution in [0.15, 0.2) is 36.4 Å². The van der Waals surface area contributed by atoms with Crippen LogP contribution in [0.4, 0.5) is 18.9 Å². The number of esters is 1. The first kappa shape index (κ1) is 18.7. The van der Waals surface area contributed by atoms with Crippen LogP contribution in [0.3, 0.4) is 0 Å². The highest BCUT2D eigenvalue weighted by atomic mass is 19.4. The molecule has 0 aliphatic carbocycles. The summed E-state index contributed by atoms with van der Waals surface area (Å²) in [5.41, 5.74) is 0.386. The number of halogens is 3. The van der Waals surface area contributed by atoms with E-state index < -0.39 is 24.7 Å². The van der Waals surface area contributed by atoms with Gasteiger partial charge in [0, 0.05) is 0 Å². The molecule has 1 N–H and O–H groups in total. The van der Waals surface area contributed by atoms with Crippen molar-refractivity contribution in [2.75, 3.05) is 25.6 Å². The zero-order valence-corrected chi connectivity index (χ0v) is 13.4. The first-order chi connectivity index (χ1) is 11.8. The number of benzene rings is 2. The molecule has 0 radical (unpaired) electrons. The van der Waals surface area contributed by atoms with Gasteiger partial charge < -0.3 is 14.8 Å². The summed E-state index contributed by atoms with van der Waals surface area (Å²) in [6.45, 7) is -1.80. The number of amides is 1. The lowest BCUT2D eigenvalue weighted by molar-refractivity contribution is -0.174. The predicted molar refractivity (Wildman–Crippen MR) is 85.4 cm³/mol. The molecule has 25 heavy (non-hydrogen) atoms. The van der Waals surface area contributed by atoms with E-state index in [-0.39, 0.29) is 24.3 Å². The van der Waals surface area contributed by atoms with Crippen LogP contribution in [0.2, 0.25) is 0 Å². The van der Waals surface area contributed by atoms with Gasteiger partial charge in [0.2, 0.25) is 5.91 Å². The minimum Gasteiger partial charge on any atom is -0.465 e. The molecule has 2 aromatic carbocycles. The fraction of sp³-hybridized carbons (Fsp3) is 0.294. The molecule has 0 saturated carbocycles. The average Bonchev–Trinajstić information content (AvgIpc) is 2.56. The second-order valence-corrected chi connectivity index (χ2v) is 5.20. The summed E-state index contributed by atoms with van der Waals surface area (Å²) in [5.74, 6) is -1.20. The number of carbonyl (C=O) groups excluding carboxylic acids is 2. The van der Waals surface area contributed by atoms with E-state index in [1.54, 1.807) is 36.4 Å². The third kappa shape index (κ3) is 5.46. The maximum absolute atomic E-state index is 12.0. The van der Waals surface area contributed by atoms with E-state index in [1.165, 1.54) is 7.11 Å². The van der Waals surface area contributed by atoms with Gasteiger partial charge in [0.25, 0.3) is 0 Å². The zero-order chi connectivity index (χ0) is 18.4. The van der Waals surface area contributed by atoms with Crippen LogP contribution < -0.4 is 5.32 Å². The second kappa shape index (κ2) is 7.98. The Morgan fingerprint density at radius 3 is 2.36 bits per heavy atom. The van der Waals surface area contributed by atoms with E-state index >= 15 is 0 Å². The van der Waals surface area contributed by atoms with Gasteiger partial charge in [0.05, 0.1) is 31.4 Å². The molecule has 1 amide bonds. The molecule has 0 saturated heterocycles. The lowest BCUT2D eigenvalue weighted by atomic mass is 10.0. The van der Waals surface area contributed by atoms with Crippen molar-refractivity contribution in [3.63, 3.8) is 0 Å². The number of fused-ring (bicyclic) bond motifs is 1. The largest absolute Gasteiger partial charge is 0.465 e. The molecule has 8 heteroatoms. The van der Waals surface area contributed by atoms with E-state index in [9.17, 15) is 22.8 Å². The summed E-state index contributed by atoms with van der Waals surface area (Å²) in [4.78, 5) is 23.8. The van der Waals surface area contributed by atoms with Gasteiger partial charge in [0.15, 0.2) is 0 Å². The highest BCUT2D eigenvalue weighted by Crippen LogP contribution is 2.25. The maximum Gasteiger partial charge on any atom is 0.411 e. The van der Waals surface area contributed by atoms with Crippen molar-refractivity contribution in [3.05, 3.63) is 42.0 Å². The number of nitrogens with one attached hydrogen (secondary N) is 1. The van der Waals surface area contributed by atoms with Gasteiger partial charge in [0.1, 0.15) is 6.61 Å². The smallest absolute Gasteiger partial charge is 0.411 e. The summed E-state index contributed by atoms with van der Waals surface area (Å²) in [6.07, 6.45) is -4.71. The Balaban J connectivity index is 2.10. The SMILES string of the molecule is COC(=O)c1cc2ccccc2cc1NC(=O)CCOCC(F)(F)F. The van der Waals surface area contributed by atoms with Crippen molar-refractivity contribution in [2.24, 2.45) is 0 Å². The first-order valence-electron chi connectivity index (χ1n) is 7.35. The molecule has 0 spiro atoms. The topological polar surface area (TPSA) is 64.6 Å². The van der Waals surface area contributed by atoms with E-state index in [1.807, 2.05) is 0 Å². The Morgan fingerprint density at radius 2 is 1.76 bits per heavy atom. The number of hydrogen-bond acceptors (Lipinski definition) is 4. The monoisotopic (exact) mass is 355 g/mol. The summed E-state index contributed by atoms with van der Waals surface area (Å²) in [7, 11) is 1.22. The Hall–Kier alpha value is -2.61. The van der Waals surface area contributed by atoms with Crippen molar-refractivity contribution in [2.45, 2.75) is 12.6 Å². The number of anilines is 1. The van der Waals surface area contributed by atoms with E-state index in [4.69, 9.17) is 4.74 Å². The Bertz CT molecular complexity index is 774. The number of rotatable bonds is 6. The van der Waals surface area contributed by atoms with Gasteiger partial charge >= 0.3 is 12.1 Å². The molecule has 5 nitrogen and oxygen atoms in total. The number of carbonyl (C=O) groups is 2. The third-order valence-electron chi connectivity index (χ3n) is 3.30. The number of methoxy groups -OCH3 is 1. The molecule has 0 fully saturated rings. The van der Waals surface area contributed by atoms with Crippen LogP contribution in [-0.2, 0) is 14.3 Å². The fourth-order valence-corrected chi connectivity index (χ4v) is 2.19. The van der Waals surface area contributed by atoms with Crippen LogP contribution in [0.5, 0.6) is 0 Å². The van der Waals surface area contributed by atoms with E-state index in [2.05, 4.69) is 10.1 Å². The van der Waals surface area contributed by atoms with Crippen LogP contribution in [-0.4, -0.2) is 38.4 Å². The van der Waals surface area contributed by atoms with E-state index in [0.29, 0.717) is 0 Å². The van der Waals surface area contributed by atoms with Gasteiger partial charge in [-0.2, -0.15) is 13.2 Å². The lowest BCUT2D eigenvalue weighted by Gasteiger charge is -2.12. The normalized spacial score (nSPS) is 11.4. The van der Waals surface area contributed by atoms with Gasteiger partial charge in [-0.1, -0.05) is 24.3 Å². The summed E-state index contributed by atoms with van der Waals surface area (Å²) >= 11 is 0. The number of hydrogen-bond donors (Lipinski definition) is 1. The molecule has 0 aliphatic rings.